The van der Waals surface area contributed by atoms with Crippen molar-refractivity contribution in [1.29, 1.82) is 0 Å². The molecule has 0 aliphatic carbocycles. The fraction of sp³-hybridized carbons (Fsp3) is 0.278. The van der Waals surface area contributed by atoms with E-state index in [4.69, 9.17) is 9.47 Å². The molecule has 0 bridgehead atoms. The third-order valence-corrected chi connectivity index (χ3v) is 5.72. The van der Waals surface area contributed by atoms with E-state index in [1.165, 1.54) is 19.2 Å². The van der Waals surface area contributed by atoms with Crippen molar-refractivity contribution in [1.82, 2.24) is 0 Å². The highest BCUT2D eigenvalue weighted by Gasteiger charge is 2.35. The second-order valence-corrected chi connectivity index (χ2v) is 8.22. The molecule has 0 N–H and O–H groups in total. The number of para-hydroxylation sites is 1. The lowest BCUT2D eigenvalue weighted by atomic mass is 10.2. The van der Waals surface area contributed by atoms with Crippen LogP contribution in [0.4, 0.5) is 17.1 Å². The molecular weight excluding hydrogens is 434 g/mol. The lowest BCUT2D eigenvalue weighted by molar-refractivity contribution is -0.387. The largest absolute Gasteiger partial charge is 0.495 e. The van der Waals surface area contributed by atoms with Crippen molar-refractivity contribution in [2.24, 2.45) is 0 Å². The molecule has 2 aromatic carbocycles. The Balaban J connectivity index is 2.76. The number of methoxy groups -OCH3 is 1. The van der Waals surface area contributed by atoms with Crippen LogP contribution in [0.5, 0.6) is 5.75 Å². The van der Waals surface area contributed by atoms with Crippen molar-refractivity contribution in [3.63, 3.8) is 0 Å². The Morgan fingerprint density at radius 1 is 1.10 bits per heavy atom. The van der Waals surface area contributed by atoms with Crippen LogP contribution in [0.25, 0.3) is 0 Å². The molecule has 13 heteroatoms. The zero-order valence-electron chi connectivity index (χ0n) is 16.8. The number of nitrogens with zero attached hydrogens (tertiary/aromatic N) is 3. The SMILES string of the molecule is COc1ccc([N+](=O)[O-])cc1N(CC(=O)OC(C)C)S(=O)(=O)c1ccccc1[N+](=O)[O-]. The van der Waals surface area contributed by atoms with Gasteiger partial charge in [0.15, 0.2) is 4.90 Å². The standard InChI is InChI=1S/C18H19N3O9S/c1-12(2)30-18(22)11-19(15-10-13(20(23)24)8-9-16(15)29-3)31(27,28)17-7-5-4-6-14(17)21(25)26/h4-10,12H,11H2,1-3H3. The van der Waals surface area contributed by atoms with Gasteiger partial charge in [-0.05, 0) is 26.0 Å². The van der Waals surface area contributed by atoms with Crippen LogP contribution >= 0.6 is 0 Å². The van der Waals surface area contributed by atoms with Crippen molar-refractivity contribution < 1.29 is 32.5 Å². The summed E-state index contributed by atoms with van der Waals surface area (Å²) in [6, 6.07) is 7.68. The van der Waals surface area contributed by atoms with E-state index in [0.717, 1.165) is 30.3 Å². The molecule has 0 amide bonds. The maximum atomic E-state index is 13.4. The highest BCUT2D eigenvalue weighted by Crippen LogP contribution is 2.37. The van der Waals surface area contributed by atoms with Crippen molar-refractivity contribution in [3.05, 3.63) is 62.7 Å². The smallest absolute Gasteiger partial charge is 0.327 e. The average Bonchev–Trinajstić information content (AvgIpc) is 2.70. The molecule has 0 radical (unpaired) electrons. The van der Waals surface area contributed by atoms with Crippen molar-refractivity contribution in [2.75, 3.05) is 18.0 Å². The van der Waals surface area contributed by atoms with Gasteiger partial charge in [-0.3, -0.25) is 29.3 Å². The molecule has 0 aromatic heterocycles. The summed E-state index contributed by atoms with van der Waals surface area (Å²) in [4.78, 5) is 32.6. The first-order valence-corrected chi connectivity index (χ1v) is 10.2. The van der Waals surface area contributed by atoms with Crippen LogP contribution in [-0.2, 0) is 19.6 Å². The molecule has 0 fully saturated rings. The summed E-state index contributed by atoms with van der Waals surface area (Å²) in [6.45, 7) is 2.20. The van der Waals surface area contributed by atoms with Gasteiger partial charge in [0.1, 0.15) is 18.0 Å². The van der Waals surface area contributed by atoms with Gasteiger partial charge in [0.25, 0.3) is 21.4 Å². The molecule has 0 saturated heterocycles. The molecule has 0 aliphatic rings. The number of nitro benzene ring substituents is 2. The Bertz CT molecular complexity index is 1120. The van der Waals surface area contributed by atoms with Gasteiger partial charge in [-0.2, -0.15) is 0 Å². The van der Waals surface area contributed by atoms with Gasteiger partial charge in [0, 0.05) is 18.2 Å². The van der Waals surface area contributed by atoms with Crippen molar-refractivity contribution >= 4 is 33.1 Å². The van der Waals surface area contributed by atoms with Crippen LogP contribution in [0.2, 0.25) is 0 Å². The summed E-state index contributed by atoms with van der Waals surface area (Å²) in [5.41, 5.74) is -1.56. The zero-order chi connectivity index (χ0) is 23.3. The van der Waals surface area contributed by atoms with E-state index in [1.807, 2.05) is 0 Å². The third-order valence-electron chi connectivity index (χ3n) is 3.91. The first-order valence-electron chi connectivity index (χ1n) is 8.77. The number of rotatable bonds is 9. The van der Waals surface area contributed by atoms with E-state index in [2.05, 4.69) is 0 Å². The number of benzene rings is 2. The van der Waals surface area contributed by atoms with Gasteiger partial charge in [-0.15, -0.1) is 0 Å². The first-order chi connectivity index (χ1) is 14.5. The van der Waals surface area contributed by atoms with Gasteiger partial charge >= 0.3 is 5.97 Å². The fourth-order valence-corrected chi connectivity index (χ4v) is 4.22. The number of nitro groups is 2. The lowest BCUT2D eigenvalue weighted by Gasteiger charge is -2.25. The molecule has 2 rings (SSSR count). The molecule has 0 aliphatic heterocycles. The zero-order valence-corrected chi connectivity index (χ0v) is 17.6. The minimum absolute atomic E-state index is 0.106. The molecule has 2 aromatic rings. The van der Waals surface area contributed by atoms with Gasteiger partial charge in [0.05, 0.1) is 23.1 Å². The van der Waals surface area contributed by atoms with Crippen molar-refractivity contribution in [2.45, 2.75) is 24.8 Å². The molecule has 12 nitrogen and oxygen atoms in total. The van der Waals surface area contributed by atoms with Crippen LogP contribution in [0.3, 0.4) is 0 Å². The summed E-state index contributed by atoms with van der Waals surface area (Å²) < 4.78 is 37.5. The maximum absolute atomic E-state index is 13.4. The number of carbonyl (C=O) groups excluding carboxylic acids is 1. The summed E-state index contributed by atoms with van der Waals surface area (Å²) in [7, 11) is -3.55. The number of carbonyl (C=O) groups is 1. The predicted octanol–water partition coefficient (Wildman–Crippen LogP) is 2.66. The third kappa shape index (κ3) is 5.25. The number of esters is 1. The number of anilines is 1. The minimum Gasteiger partial charge on any atom is -0.495 e. The summed E-state index contributed by atoms with van der Waals surface area (Å²) in [6.07, 6.45) is -0.574. The maximum Gasteiger partial charge on any atom is 0.327 e. The average molecular weight is 453 g/mol. The minimum atomic E-state index is -4.75. The quantitative estimate of drug-likeness (QED) is 0.316. The van der Waals surface area contributed by atoms with E-state index in [-0.39, 0.29) is 11.4 Å². The number of hydrogen-bond acceptors (Lipinski definition) is 9. The van der Waals surface area contributed by atoms with E-state index in [1.54, 1.807) is 13.8 Å². The van der Waals surface area contributed by atoms with Crippen LogP contribution < -0.4 is 9.04 Å². The predicted molar refractivity (Wildman–Crippen MR) is 109 cm³/mol. The van der Waals surface area contributed by atoms with Crippen molar-refractivity contribution in [3.8, 4) is 5.75 Å². The Morgan fingerprint density at radius 2 is 1.74 bits per heavy atom. The van der Waals surface area contributed by atoms with Gasteiger partial charge in [-0.1, -0.05) is 12.1 Å². The Morgan fingerprint density at radius 3 is 2.29 bits per heavy atom. The fourth-order valence-electron chi connectivity index (χ4n) is 2.65. The van der Waals surface area contributed by atoms with Crippen LogP contribution in [0.1, 0.15) is 13.8 Å². The van der Waals surface area contributed by atoms with E-state index in [0.29, 0.717) is 4.31 Å². The Hall–Kier alpha value is -3.74. The molecule has 166 valence electrons. The summed E-state index contributed by atoms with van der Waals surface area (Å²) in [5.74, 6) is -1.07. The van der Waals surface area contributed by atoms with E-state index in [9.17, 15) is 33.4 Å². The number of sulfonamides is 1. The van der Waals surface area contributed by atoms with Crippen LogP contribution in [0.15, 0.2) is 47.4 Å². The Labute approximate surface area is 177 Å². The van der Waals surface area contributed by atoms with E-state index < -0.39 is 54.8 Å². The first kappa shape index (κ1) is 23.5. The number of hydrogen-bond donors (Lipinski definition) is 0. The molecule has 0 unspecified atom stereocenters. The lowest BCUT2D eigenvalue weighted by Crippen LogP contribution is -2.37. The molecular formula is C18H19N3O9S. The highest BCUT2D eigenvalue weighted by molar-refractivity contribution is 7.93. The summed E-state index contributed by atoms with van der Waals surface area (Å²) in [5, 5.41) is 22.6. The topological polar surface area (TPSA) is 159 Å². The second kappa shape index (κ2) is 9.38. The molecule has 0 saturated carbocycles. The number of ether oxygens (including phenoxy) is 2. The summed E-state index contributed by atoms with van der Waals surface area (Å²) >= 11 is 0. The highest BCUT2D eigenvalue weighted by atomic mass is 32.2. The van der Waals surface area contributed by atoms with Crippen LogP contribution in [0, 0.1) is 20.2 Å². The van der Waals surface area contributed by atoms with Gasteiger partial charge in [-0.25, -0.2) is 8.42 Å². The molecule has 0 spiro atoms. The molecule has 31 heavy (non-hydrogen) atoms. The molecule has 0 heterocycles. The Kier molecular flexibility index (Phi) is 7.12. The van der Waals surface area contributed by atoms with E-state index >= 15 is 0 Å². The second-order valence-electron chi connectivity index (χ2n) is 6.39. The van der Waals surface area contributed by atoms with Gasteiger partial charge in [0.2, 0.25) is 0 Å². The normalized spacial score (nSPS) is 11.1. The monoisotopic (exact) mass is 453 g/mol. The number of non-ortho nitro benzene ring substituents is 1. The van der Waals surface area contributed by atoms with Crippen LogP contribution in [-0.4, -0.2) is 44.0 Å². The van der Waals surface area contributed by atoms with Gasteiger partial charge < -0.3 is 9.47 Å². The molecule has 0 atom stereocenters.